The van der Waals surface area contributed by atoms with Crippen LogP contribution >= 0.6 is 0 Å². The summed E-state index contributed by atoms with van der Waals surface area (Å²) in [6.07, 6.45) is 4.40. The van der Waals surface area contributed by atoms with Crippen LogP contribution in [0.1, 0.15) is 41.9 Å². The summed E-state index contributed by atoms with van der Waals surface area (Å²) in [5, 5.41) is 4.08. The van der Waals surface area contributed by atoms with Crippen molar-refractivity contribution in [3.63, 3.8) is 0 Å². The van der Waals surface area contributed by atoms with Crippen molar-refractivity contribution in [3.8, 4) is 0 Å². The van der Waals surface area contributed by atoms with Crippen LogP contribution in [0.4, 0.5) is 0 Å². The fraction of sp³-hybridized carbons (Fsp3) is 0.562. The molecule has 2 aromatic rings. The van der Waals surface area contributed by atoms with Gasteiger partial charge < -0.3 is 14.2 Å². The van der Waals surface area contributed by atoms with Gasteiger partial charge in [-0.3, -0.25) is 9.48 Å². The Bertz CT molecular complexity index is 690. The number of amides is 1. The van der Waals surface area contributed by atoms with Gasteiger partial charge in [-0.25, -0.2) is 4.98 Å². The second-order valence-electron chi connectivity index (χ2n) is 5.72. The second kappa shape index (κ2) is 6.54. The van der Waals surface area contributed by atoms with Crippen LogP contribution in [0, 0.1) is 0 Å². The van der Waals surface area contributed by atoms with Gasteiger partial charge in [-0.05, 0) is 19.9 Å². The first-order chi connectivity index (χ1) is 11.1. The zero-order chi connectivity index (χ0) is 16.4. The third-order valence-corrected chi connectivity index (χ3v) is 4.38. The van der Waals surface area contributed by atoms with Gasteiger partial charge in [-0.1, -0.05) is 0 Å². The standard InChI is InChI=1S/C16H23N5O2/c1-4-23-10-6-13-11-17-15-12(2)20(8-9-21(13)15)16(22)14-5-7-18-19(14)3/h5,7,11-12H,4,6,8-10H2,1-3H3/t12-/m1/s1. The molecule has 7 heteroatoms. The molecule has 0 spiro atoms. The molecular weight excluding hydrogens is 294 g/mol. The van der Waals surface area contributed by atoms with Gasteiger partial charge in [0.05, 0.1) is 12.6 Å². The molecule has 0 fully saturated rings. The minimum Gasteiger partial charge on any atom is -0.381 e. The lowest BCUT2D eigenvalue weighted by Crippen LogP contribution is -2.42. The average Bonchev–Trinajstić information content (AvgIpc) is 3.14. The van der Waals surface area contributed by atoms with E-state index in [0.29, 0.717) is 18.8 Å². The van der Waals surface area contributed by atoms with Crippen LogP contribution < -0.4 is 0 Å². The largest absolute Gasteiger partial charge is 0.381 e. The number of fused-ring (bicyclic) bond motifs is 1. The number of nitrogens with zero attached hydrogens (tertiary/aromatic N) is 5. The molecule has 0 aliphatic carbocycles. The Morgan fingerprint density at radius 2 is 2.26 bits per heavy atom. The monoisotopic (exact) mass is 317 g/mol. The Morgan fingerprint density at radius 1 is 1.43 bits per heavy atom. The summed E-state index contributed by atoms with van der Waals surface area (Å²) in [4.78, 5) is 19.1. The summed E-state index contributed by atoms with van der Waals surface area (Å²) in [5.41, 5.74) is 1.78. The van der Waals surface area contributed by atoms with Gasteiger partial charge in [0.15, 0.2) is 0 Å². The molecule has 1 aliphatic heterocycles. The predicted molar refractivity (Wildman–Crippen MR) is 85.1 cm³/mol. The highest BCUT2D eigenvalue weighted by Gasteiger charge is 2.31. The number of hydrogen-bond donors (Lipinski definition) is 0. The van der Waals surface area contributed by atoms with Gasteiger partial charge in [0, 0.05) is 51.3 Å². The highest BCUT2D eigenvalue weighted by molar-refractivity contribution is 5.92. The molecule has 0 N–H and O–H groups in total. The Kier molecular flexibility index (Phi) is 4.47. The van der Waals surface area contributed by atoms with Crippen LogP contribution in [-0.4, -0.2) is 49.9 Å². The Labute approximate surface area is 135 Å². The lowest BCUT2D eigenvalue weighted by Gasteiger charge is -2.34. The van der Waals surface area contributed by atoms with Crippen LogP contribution in [0.3, 0.4) is 0 Å². The van der Waals surface area contributed by atoms with Crippen molar-refractivity contribution in [2.75, 3.05) is 19.8 Å². The van der Waals surface area contributed by atoms with Gasteiger partial charge in [0.2, 0.25) is 0 Å². The van der Waals surface area contributed by atoms with Crippen LogP contribution in [0.5, 0.6) is 0 Å². The molecule has 1 aliphatic rings. The van der Waals surface area contributed by atoms with E-state index in [1.165, 1.54) is 5.69 Å². The minimum atomic E-state index is -0.0491. The molecule has 3 heterocycles. The third kappa shape index (κ3) is 2.88. The van der Waals surface area contributed by atoms with E-state index in [1.807, 2.05) is 24.9 Å². The molecule has 2 aromatic heterocycles. The zero-order valence-electron chi connectivity index (χ0n) is 13.9. The average molecular weight is 317 g/mol. The molecule has 0 aromatic carbocycles. The SMILES string of the molecule is CCOCCc1cnc2n1CCN(C(=O)c1ccnn1C)[C@@H]2C. The molecular formula is C16H23N5O2. The quantitative estimate of drug-likeness (QED) is 0.782. The second-order valence-corrected chi connectivity index (χ2v) is 5.72. The molecule has 3 rings (SSSR count). The number of ether oxygens (including phenoxy) is 1. The van der Waals surface area contributed by atoms with Crippen LogP contribution in [0.15, 0.2) is 18.5 Å². The summed E-state index contributed by atoms with van der Waals surface area (Å²) in [6, 6.07) is 1.70. The first kappa shape index (κ1) is 15.7. The van der Waals surface area contributed by atoms with Crippen LogP contribution in [0.2, 0.25) is 0 Å². The maximum absolute atomic E-state index is 12.7. The van der Waals surface area contributed by atoms with Gasteiger partial charge in [-0.15, -0.1) is 0 Å². The number of rotatable bonds is 5. The fourth-order valence-electron chi connectivity index (χ4n) is 3.09. The van der Waals surface area contributed by atoms with Gasteiger partial charge >= 0.3 is 0 Å². The number of aromatic nitrogens is 4. The van der Waals surface area contributed by atoms with Crippen molar-refractivity contribution in [3.05, 3.63) is 35.7 Å². The molecule has 0 radical (unpaired) electrons. The molecule has 0 unspecified atom stereocenters. The van der Waals surface area contributed by atoms with Crippen molar-refractivity contribution in [1.29, 1.82) is 0 Å². The normalized spacial score (nSPS) is 17.3. The van der Waals surface area contributed by atoms with Crippen molar-refractivity contribution in [1.82, 2.24) is 24.2 Å². The van der Waals surface area contributed by atoms with Crippen LogP contribution in [0.25, 0.3) is 0 Å². The van der Waals surface area contributed by atoms with Crippen molar-refractivity contribution >= 4 is 5.91 Å². The number of aryl methyl sites for hydroxylation is 1. The molecule has 124 valence electrons. The number of imidazole rings is 1. The van der Waals surface area contributed by atoms with E-state index in [2.05, 4.69) is 14.6 Å². The molecule has 0 saturated heterocycles. The summed E-state index contributed by atoms with van der Waals surface area (Å²) >= 11 is 0. The van der Waals surface area contributed by atoms with E-state index in [9.17, 15) is 4.79 Å². The summed E-state index contributed by atoms with van der Waals surface area (Å²) < 4.78 is 9.26. The fourth-order valence-corrected chi connectivity index (χ4v) is 3.09. The molecule has 1 atom stereocenters. The topological polar surface area (TPSA) is 65.2 Å². The third-order valence-electron chi connectivity index (χ3n) is 4.38. The Balaban J connectivity index is 1.77. The molecule has 1 amide bonds. The number of carbonyl (C=O) groups excluding carboxylic acids is 1. The van der Waals surface area contributed by atoms with Gasteiger partial charge in [0.25, 0.3) is 5.91 Å². The molecule has 7 nitrogen and oxygen atoms in total. The minimum absolute atomic E-state index is 0.00242. The predicted octanol–water partition coefficient (Wildman–Crippen LogP) is 1.41. The lowest BCUT2D eigenvalue weighted by atomic mass is 10.2. The zero-order valence-corrected chi connectivity index (χ0v) is 13.9. The van der Waals surface area contributed by atoms with E-state index in [-0.39, 0.29) is 11.9 Å². The Morgan fingerprint density at radius 3 is 2.96 bits per heavy atom. The summed E-state index contributed by atoms with van der Waals surface area (Å²) in [6.45, 7) is 6.90. The van der Waals surface area contributed by atoms with E-state index in [1.54, 1.807) is 24.0 Å². The smallest absolute Gasteiger partial charge is 0.272 e. The van der Waals surface area contributed by atoms with Crippen molar-refractivity contribution in [2.45, 2.75) is 32.9 Å². The number of carbonyl (C=O) groups is 1. The highest BCUT2D eigenvalue weighted by Crippen LogP contribution is 2.26. The van der Waals surface area contributed by atoms with E-state index in [0.717, 1.165) is 25.4 Å². The number of hydrogen-bond acceptors (Lipinski definition) is 4. The molecule has 0 saturated carbocycles. The van der Waals surface area contributed by atoms with E-state index in [4.69, 9.17) is 4.74 Å². The van der Waals surface area contributed by atoms with Gasteiger partial charge in [0.1, 0.15) is 11.5 Å². The van der Waals surface area contributed by atoms with Gasteiger partial charge in [-0.2, -0.15) is 5.10 Å². The van der Waals surface area contributed by atoms with Crippen LogP contribution in [-0.2, 0) is 24.8 Å². The maximum Gasteiger partial charge on any atom is 0.272 e. The van der Waals surface area contributed by atoms with E-state index >= 15 is 0 Å². The highest BCUT2D eigenvalue weighted by atomic mass is 16.5. The lowest BCUT2D eigenvalue weighted by molar-refractivity contribution is 0.0623. The first-order valence-electron chi connectivity index (χ1n) is 8.04. The molecule has 0 bridgehead atoms. The van der Waals surface area contributed by atoms with Crippen molar-refractivity contribution in [2.24, 2.45) is 7.05 Å². The Hall–Kier alpha value is -2.15. The summed E-state index contributed by atoms with van der Waals surface area (Å²) in [5.74, 6) is 0.945. The molecule has 23 heavy (non-hydrogen) atoms. The van der Waals surface area contributed by atoms with E-state index < -0.39 is 0 Å². The van der Waals surface area contributed by atoms with Crippen molar-refractivity contribution < 1.29 is 9.53 Å². The summed E-state index contributed by atoms with van der Waals surface area (Å²) in [7, 11) is 1.79. The first-order valence-corrected chi connectivity index (χ1v) is 8.04. The maximum atomic E-state index is 12.7.